The topological polar surface area (TPSA) is 0 Å². The van der Waals surface area contributed by atoms with Gasteiger partial charge in [0.15, 0.2) is 0 Å². The van der Waals surface area contributed by atoms with Gasteiger partial charge in [-0.3, -0.25) is 0 Å². The lowest BCUT2D eigenvalue weighted by molar-refractivity contribution is -0.0337. The Bertz CT molecular complexity index is 958. The third-order valence-electron chi connectivity index (χ3n) is 11.5. The van der Waals surface area contributed by atoms with Crippen molar-refractivity contribution in [1.29, 1.82) is 0 Å². The molecule has 0 heteroatoms. The molecule has 0 aromatic rings. The van der Waals surface area contributed by atoms with Crippen molar-refractivity contribution in [3.05, 3.63) is 70.9 Å². The maximum atomic E-state index is 2.83. The summed E-state index contributed by atoms with van der Waals surface area (Å²) in [6.07, 6.45) is 37.2. The van der Waals surface area contributed by atoms with Gasteiger partial charge in [-0.05, 0) is 133 Å². The lowest BCUT2D eigenvalue weighted by Crippen LogP contribution is -2.53. The van der Waals surface area contributed by atoms with E-state index in [1.807, 2.05) is 0 Å². The predicted octanol–water partition coefficient (Wildman–Crippen LogP) is 8.80. The molecule has 168 valence electrons. The summed E-state index contributed by atoms with van der Waals surface area (Å²) in [5.74, 6) is 1.62. The van der Waals surface area contributed by atoms with Crippen LogP contribution in [0.1, 0.15) is 90.9 Å². The Kier molecular flexibility index (Phi) is 4.05. The summed E-state index contributed by atoms with van der Waals surface area (Å²) in [4.78, 5) is 0. The predicted molar refractivity (Wildman–Crippen MR) is 134 cm³/mol. The fourth-order valence-corrected chi connectivity index (χ4v) is 9.17. The van der Waals surface area contributed by atoms with Crippen molar-refractivity contribution in [1.82, 2.24) is 0 Å². The van der Waals surface area contributed by atoms with E-state index in [4.69, 9.17) is 0 Å². The fraction of sp³-hybridized carbons (Fsp3) is 0.625. The molecule has 2 unspecified atom stereocenters. The van der Waals surface area contributed by atoms with Gasteiger partial charge in [0.2, 0.25) is 0 Å². The molecule has 7 aliphatic carbocycles. The van der Waals surface area contributed by atoms with Crippen LogP contribution in [0.5, 0.6) is 0 Å². The number of allylic oxidation sites excluding steroid dienone is 12. The minimum Gasteiger partial charge on any atom is -0.0842 e. The van der Waals surface area contributed by atoms with Crippen molar-refractivity contribution < 1.29 is 0 Å². The molecule has 0 amide bonds. The zero-order valence-corrected chi connectivity index (χ0v) is 20.3. The molecule has 32 heavy (non-hydrogen) atoms. The van der Waals surface area contributed by atoms with Crippen molar-refractivity contribution in [3.63, 3.8) is 0 Å². The second-order valence-corrected chi connectivity index (χ2v) is 13.2. The van der Waals surface area contributed by atoms with Crippen molar-refractivity contribution in [3.8, 4) is 0 Å². The quantitative estimate of drug-likeness (QED) is 0.364. The Morgan fingerprint density at radius 2 is 1.09 bits per heavy atom. The molecule has 7 rings (SSSR count). The zero-order chi connectivity index (χ0) is 21.6. The van der Waals surface area contributed by atoms with Gasteiger partial charge in [0.1, 0.15) is 0 Å². The van der Waals surface area contributed by atoms with Gasteiger partial charge in [0, 0.05) is 0 Å². The maximum absolute atomic E-state index is 2.83. The molecule has 0 aromatic carbocycles. The highest BCUT2D eigenvalue weighted by Crippen LogP contribution is 2.69. The third-order valence-corrected chi connectivity index (χ3v) is 11.5. The largest absolute Gasteiger partial charge is 0.0842 e. The lowest BCUT2D eigenvalue weighted by atomic mass is 9.41. The minimum absolute atomic E-state index is 0.438. The molecule has 0 aromatic heterocycles. The first-order valence-electron chi connectivity index (χ1n) is 13.7. The Balaban J connectivity index is 1.27. The second kappa shape index (κ2) is 6.52. The van der Waals surface area contributed by atoms with E-state index in [0.29, 0.717) is 21.7 Å². The highest BCUT2D eigenvalue weighted by molar-refractivity contribution is 5.47. The Morgan fingerprint density at radius 1 is 0.625 bits per heavy atom. The van der Waals surface area contributed by atoms with Crippen LogP contribution < -0.4 is 0 Å². The summed E-state index contributed by atoms with van der Waals surface area (Å²) in [7, 11) is 0. The number of rotatable bonds is 0. The maximum Gasteiger partial charge on any atom is -0.00206 e. The molecule has 1 saturated carbocycles. The molecule has 0 aliphatic heterocycles. The van der Waals surface area contributed by atoms with E-state index in [9.17, 15) is 0 Å². The van der Waals surface area contributed by atoms with Crippen LogP contribution in [0.25, 0.3) is 0 Å². The van der Waals surface area contributed by atoms with Crippen LogP contribution in [0.3, 0.4) is 0 Å². The highest BCUT2D eigenvalue weighted by Gasteiger charge is 2.59. The van der Waals surface area contributed by atoms with Gasteiger partial charge in [-0.15, -0.1) is 0 Å². The van der Waals surface area contributed by atoms with Gasteiger partial charge in [-0.2, -0.15) is 0 Å². The Hall–Kier alpha value is -1.56. The van der Waals surface area contributed by atoms with E-state index in [0.717, 1.165) is 11.8 Å². The number of hydrogen-bond donors (Lipinski definition) is 0. The van der Waals surface area contributed by atoms with Crippen LogP contribution in [0.2, 0.25) is 0 Å². The summed E-state index contributed by atoms with van der Waals surface area (Å²) in [5.41, 5.74) is 8.43. The van der Waals surface area contributed by atoms with E-state index >= 15 is 0 Å². The lowest BCUT2D eigenvalue weighted by Gasteiger charge is -2.63. The molecule has 2 spiro atoms. The molecule has 0 saturated heterocycles. The van der Waals surface area contributed by atoms with Crippen LogP contribution in [0.15, 0.2) is 70.9 Å². The Morgan fingerprint density at radius 3 is 1.53 bits per heavy atom. The van der Waals surface area contributed by atoms with Crippen LogP contribution in [-0.4, -0.2) is 0 Å². The summed E-state index contributed by atoms with van der Waals surface area (Å²) < 4.78 is 0. The average molecular weight is 425 g/mol. The van der Waals surface area contributed by atoms with Crippen LogP contribution in [0.4, 0.5) is 0 Å². The fourth-order valence-electron chi connectivity index (χ4n) is 9.17. The first-order chi connectivity index (χ1) is 15.4. The molecular weight excluding hydrogens is 384 g/mol. The molecule has 7 aliphatic rings. The van der Waals surface area contributed by atoms with Crippen molar-refractivity contribution in [2.75, 3.05) is 0 Å². The van der Waals surface area contributed by atoms with Crippen LogP contribution in [0, 0.1) is 33.5 Å². The average Bonchev–Trinajstić information content (AvgIpc) is 2.79. The number of hydrogen-bond acceptors (Lipinski definition) is 0. The van der Waals surface area contributed by atoms with Gasteiger partial charge >= 0.3 is 0 Å². The normalized spacial score (nSPS) is 48.4. The van der Waals surface area contributed by atoms with Crippen LogP contribution in [-0.2, 0) is 0 Å². The zero-order valence-electron chi connectivity index (χ0n) is 20.3. The van der Waals surface area contributed by atoms with E-state index in [1.54, 1.807) is 22.3 Å². The first-order valence-corrected chi connectivity index (χ1v) is 13.7. The van der Waals surface area contributed by atoms with E-state index in [-0.39, 0.29) is 0 Å². The molecule has 0 bridgehead atoms. The highest BCUT2D eigenvalue weighted by atomic mass is 14.6. The van der Waals surface area contributed by atoms with Gasteiger partial charge in [-0.25, -0.2) is 0 Å². The first kappa shape index (κ1) is 19.9. The van der Waals surface area contributed by atoms with E-state index in [1.165, 1.54) is 77.0 Å². The molecule has 0 nitrogen and oxygen atoms in total. The standard InChI is InChI=1S/C32H40/c1-29-11-5-3-7-27(29)17-25-21-31(13-9-23(25)19-29)15-16-32(31)14-10-24-20-30(2)12-6-4-8-28(30)18-26(24)22-32/h3-4,7-8,17-18,21-24H,5-6,9-16,19-20H2,1-2H3/t23-,24-,29-,30-,31?,32?/m0/s1. The van der Waals surface area contributed by atoms with Crippen molar-refractivity contribution >= 4 is 0 Å². The van der Waals surface area contributed by atoms with E-state index < -0.39 is 0 Å². The van der Waals surface area contributed by atoms with Crippen molar-refractivity contribution in [2.24, 2.45) is 33.5 Å². The van der Waals surface area contributed by atoms with Crippen molar-refractivity contribution in [2.45, 2.75) is 90.9 Å². The molecule has 0 radical (unpaired) electrons. The van der Waals surface area contributed by atoms with Gasteiger partial charge in [-0.1, -0.05) is 62.5 Å². The number of fused-ring (bicyclic) bond motifs is 5. The molecule has 0 N–H and O–H groups in total. The summed E-state index contributed by atoms with van der Waals surface area (Å²) >= 11 is 0. The smallest absolute Gasteiger partial charge is 0.00206 e. The monoisotopic (exact) mass is 424 g/mol. The second-order valence-electron chi connectivity index (χ2n) is 13.2. The molecule has 1 fully saturated rings. The van der Waals surface area contributed by atoms with Crippen LogP contribution >= 0.6 is 0 Å². The summed E-state index contributed by atoms with van der Waals surface area (Å²) in [6, 6.07) is 0. The SMILES string of the molecule is C[C@@]12CCC=CC1=CC1=CC3(CC[C@H]1C2)CCC31C=C2C=C3C=CCC[C@@]3(C)C[C@@H]2CC1. The van der Waals surface area contributed by atoms with E-state index in [2.05, 4.69) is 62.5 Å². The van der Waals surface area contributed by atoms with Gasteiger partial charge in [0.25, 0.3) is 0 Å². The molecule has 6 atom stereocenters. The third kappa shape index (κ3) is 2.62. The minimum atomic E-state index is 0.438. The Labute approximate surface area is 195 Å². The molecular formula is C32H40. The van der Waals surface area contributed by atoms with Gasteiger partial charge < -0.3 is 0 Å². The summed E-state index contributed by atoms with van der Waals surface area (Å²) in [5, 5.41) is 0. The summed E-state index contributed by atoms with van der Waals surface area (Å²) in [6.45, 7) is 5.06. The van der Waals surface area contributed by atoms with Gasteiger partial charge in [0.05, 0.1) is 0 Å². The molecule has 0 heterocycles.